The van der Waals surface area contributed by atoms with Crippen LogP contribution in [-0.4, -0.2) is 18.2 Å². The fourth-order valence-electron chi connectivity index (χ4n) is 4.12. The van der Waals surface area contributed by atoms with Gasteiger partial charge >= 0.3 is 0 Å². The molecule has 106 valence electrons. The van der Waals surface area contributed by atoms with Crippen LogP contribution in [0.15, 0.2) is 12.1 Å². The molecule has 2 aliphatic rings. The van der Waals surface area contributed by atoms with Crippen LogP contribution in [0, 0.1) is 13.8 Å². The largest absolute Gasteiger partial charge is 0.344 e. The molecule has 2 heteroatoms. The molecule has 1 aliphatic carbocycles. The van der Waals surface area contributed by atoms with Gasteiger partial charge in [0.1, 0.15) is 0 Å². The Bertz CT molecular complexity index is 689. The molecule has 0 unspecified atom stereocenters. The second kappa shape index (κ2) is 4.11. The van der Waals surface area contributed by atoms with Crippen molar-refractivity contribution in [2.45, 2.75) is 51.5 Å². The fourth-order valence-corrected chi connectivity index (χ4v) is 4.12. The molecule has 1 aromatic carbocycles. The number of rotatable bonds is 3. The van der Waals surface area contributed by atoms with E-state index in [-0.39, 0.29) is 0 Å². The minimum absolute atomic E-state index is 0.430. The van der Waals surface area contributed by atoms with E-state index in [1.54, 1.807) is 11.1 Å². The maximum absolute atomic E-state index is 3.39. The molecule has 0 spiro atoms. The molecular formula is C18H24N2. The van der Waals surface area contributed by atoms with Gasteiger partial charge in [-0.3, -0.25) is 0 Å². The van der Waals surface area contributed by atoms with Gasteiger partial charge in [0.25, 0.3) is 0 Å². The van der Waals surface area contributed by atoms with Crippen LogP contribution in [-0.2, 0) is 18.4 Å². The number of nitrogens with zero attached hydrogens (tertiary/aromatic N) is 1. The highest BCUT2D eigenvalue weighted by Gasteiger charge is 2.44. The highest BCUT2D eigenvalue weighted by molar-refractivity contribution is 5.89. The summed E-state index contributed by atoms with van der Waals surface area (Å²) in [6.07, 6.45) is 5.23. The van der Waals surface area contributed by atoms with Gasteiger partial charge in [-0.05, 0) is 69.3 Å². The van der Waals surface area contributed by atoms with Crippen LogP contribution >= 0.6 is 0 Å². The predicted molar refractivity (Wildman–Crippen MR) is 84.6 cm³/mol. The maximum Gasteiger partial charge on any atom is 0.0517 e. The van der Waals surface area contributed by atoms with E-state index in [4.69, 9.17) is 0 Å². The third kappa shape index (κ3) is 1.54. The molecule has 20 heavy (non-hydrogen) atoms. The summed E-state index contributed by atoms with van der Waals surface area (Å²) in [5.41, 5.74) is 8.08. The predicted octanol–water partition coefficient (Wildman–Crippen LogP) is 3.46. The molecule has 2 heterocycles. The average molecular weight is 268 g/mol. The van der Waals surface area contributed by atoms with Crippen molar-refractivity contribution >= 4 is 10.9 Å². The monoisotopic (exact) mass is 268 g/mol. The third-order valence-electron chi connectivity index (χ3n) is 5.62. The molecule has 0 saturated heterocycles. The van der Waals surface area contributed by atoms with Crippen molar-refractivity contribution in [1.82, 2.24) is 9.88 Å². The van der Waals surface area contributed by atoms with Crippen molar-refractivity contribution in [1.29, 1.82) is 0 Å². The summed E-state index contributed by atoms with van der Waals surface area (Å²) in [6, 6.07) is 5.01. The highest BCUT2D eigenvalue weighted by atomic mass is 15.0. The number of nitrogens with one attached hydrogen (secondary N) is 1. The molecule has 1 saturated carbocycles. The highest BCUT2D eigenvalue weighted by Crippen LogP contribution is 2.49. The van der Waals surface area contributed by atoms with Crippen LogP contribution in [0.25, 0.3) is 10.9 Å². The molecule has 1 N–H and O–H groups in total. The Morgan fingerprint density at radius 3 is 2.75 bits per heavy atom. The lowest BCUT2D eigenvalue weighted by Gasteiger charge is -2.21. The summed E-state index contributed by atoms with van der Waals surface area (Å²) in [7, 11) is 2.08. The quantitative estimate of drug-likeness (QED) is 0.902. The van der Waals surface area contributed by atoms with Crippen molar-refractivity contribution in [3.8, 4) is 0 Å². The number of aryl methyl sites for hydroxylation is 3. The summed E-state index contributed by atoms with van der Waals surface area (Å²) in [5.74, 6) is 0. The first-order valence-electron chi connectivity index (χ1n) is 7.94. The lowest BCUT2D eigenvalue weighted by Crippen LogP contribution is -2.23. The van der Waals surface area contributed by atoms with Gasteiger partial charge in [-0.1, -0.05) is 6.07 Å². The number of hydrogen-bond acceptors (Lipinski definition) is 1. The molecular weight excluding hydrogens is 244 g/mol. The Kier molecular flexibility index (Phi) is 2.56. The van der Waals surface area contributed by atoms with Crippen LogP contribution < -0.4 is 5.32 Å². The Labute approximate surface area is 121 Å². The third-order valence-corrected chi connectivity index (χ3v) is 5.62. The normalized spacial score (nSPS) is 19.6. The van der Waals surface area contributed by atoms with Gasteiger partial charge in [0.05, 0.1) is 5.52 Å². The first-order chi connectivity index (χ1) is 9.66. The summed E-state index contributed by atoms with van der Waals surface area (Å²) < 4.78 is 2.55. The molecule has 2 aromatic rings. The molecule has 1 aromatic heterocycles. The van der Waals surface area contributed by atoms with Gasteiger partial charge < -0.3 is 9.88 Å². The molecule has 0 radical (unpaired) electrons. The lowest BCUT2D eigenvalue weighted by molar-refractivity contribution is 0.611. The van der Waals surface area contributed by atoms with E-state index in [2.05, 4.69) is 42.9 Å². The standard InChI is InChI=1S/C18H24N2/c1-12-13(2)20-8-4-5-14-9-15(10-16(12)17(14)20)18(6-7-18)11-19-3/h9-10,19H,4-8,11H2,1-3H3. The Morgan fingerprint density at radius 2 is 2.05 bits per heavy atom. The molecule has 4 rings (SSSR count). The fraction of sp³-hybridized carbons (Fsp3) is 0.556. The molecule has 0 atom stereocenters. The molecule has 0 amide bonds. The van der Waals surface area contributed by atoms with E-state index in [0.29, 0.717) is 5.41 Å². The van der Waals surface area contributed by atoms with Crippen LogP contribution in [0.4, 0.5) is 0 Å². The smallest absolute Gasteiger partial charge is 0.0517 e. The number of likely N-dealkylation sites (N-methyl/N-ethyl adjacent to an activating group) is 1. The van der Waals surface area contributed by atoms with Gasteiger partial charge in [-0.2, -0.15) is 0 Å². The number of benzene rings is 1. The average Bonchev–Trinajstić information content (AvgIpc) is 3.20. The van der Waals surface area contributed by atoms with Crippen LogP contribution in [0.5, 0.6) is 0 Å². The summed E-state index contributed by atoms with van der Waals surface area (Å²) in [4.78, 5) is 0. The lowest BCUT2D eigenvalue weighted by atomic mass is 9.90. The van der Waals surface area contributed by atoms with E-state index >= 15 is 0 Å². The van der Waals surface area contributed by atoms with Gasteiger partial charge in [-0.25, -0.2) is 0 Å². The minimum Gasteiger partial charge on any atom is -0.344 e. The zero-order valence-electron chi connectivity index (χ0n) is 12.8. The van der Waals surface area contributed by atoms with Crippen molar-refractivity contribution in [2.24, 2.45) is 0 Å². The molecule has 0 bridgehead atoms. The summed E-state index contributed by atoms with van der Waals surface area (Å²) in [6.45, 7) is 6.90. The molecule has 1 fully saturated rings. The van der Waals surface area contributed by atoms with E-state index in [9.17, 15) is 0 Å². The van der Waals surface area contributed by atoms with Gasteiger partial charge in [0.2, 0.25) is 0 Å². The SMILES string of the molecule is CNCC1(c2cc3c4c(c2)c(C)c(C)n4CCC3)CC1. The zero-order valence-corrected chi connectivity index (χ0v) is 12.8. The van der Waals surface area contributed by atoms with Crippen LogP contribution in [0.1, 0.15) is 41.6 Å². The topological polar surface area (TPSA) is 17.0 Å². The summed E-state index contributed by atoms with van der Waals surface area (Å²) in [5, 5.41) is 4.91. The van der Waals surface area contributed by atoms with Crippen molar-refractivity contribution < 1.29 is 0 Å². The van der Waals surface area contributed by atoms with Gasteiger partial charge in [-0.15, -0.1) is 0 Å². The van der Waals surface area contributed by atoms with Crippen LogP contribution in [0.3, 0.4) is 0 Å². The maximum atomic E-state index is 3.39. The van der Waals surface area contributed by atoms with E-state index in [1.807, 2.05) is 0 Å². The Balaban J connectivity index is 1.97. The first-order valence-corrected chi connectivity index (χ1v) is 7.94. The van der Waals surface area contributed by atoms with Crippen molar-refractivity contribution in [3.63, 3.8) is 0 Å². The van der Waals surface area contributed by atoms with Crippen molar-refractivity contribution in [2.75, 3.05) is 13.6 Å². The Hall–Kier alpha value is -1.28. The first kappa shape index (κ1) is 12.5. The second-order valence-electron chi connectivity index (χ2n) is 6.81. The van der Waals surface area contributed by atoms with E-state index in [1.165, 1.54) is 54.4 Å². The second-order valence-corrected chi connectivity index (χ2v) is 6.81. The minimum atomic E-state index is 0.430. The van der Waals surface area contributed by atoms with Crippen molar-refractivity contribution in [3.05, 3.63) is 34.5 Å². The summed E-state index contributed by atoms with van der Waals surface area (Å²) >= 11 is 0. The molecule has 2 nitrogen and oxygen atoms in total. The number of aromatic nitrogens is 1. The van der Waals surface area contributed by atoms with E-state index in [0.717, 1.165) is 6.54 Å². The van der Waals surface area contributed by atoms with E-state index < -0.39 is 0 Å². The zero-order chi connectivity index (χ0) is 13.9. The van der Waals surface area contributed by atoms with Crippen LogP contribution in [0.2, 0.25) is 0 Å². The molecule has 1 aliphatic heterocycles. The van der Waals surface area contributed by atoms with Gasteiger partial charge in [0.15, 0.2) is 0 Å². The van der Waals surface area contributed by atoms with Gasteiger partial charge in [0, 0.05) is 29.6 Å². The number of hydrogen-bond donors (Lipinski definition) is 1. The Morgan fingerprint density at radius 1 is 1.25 bits per heavy atom.